The summed E-state index contributed by atoms with van der Waals surface area (Å²) in [6.07, 6.45) is 8.63. The monoisotopic (exact) mass is 756 g/mol. The van der Waals surface area contributed by atoms with Gasteiger partial charge in [-0.2, -0.15) is 0 Å². The van der Waals surface area contributed by atoms with Gasteiger partial charge in [-0.3, -0.25) is 0 Å². The van der Waals surface area contributed by atoms with Gasteiger partial charge in [-0.05, 0) is 53.8 Å². The molecule has 2 heterocycles. The first kappa shape index (κ1) is 39.7. The van der Waals surface area contributed by atoms with Gasteiger partial charge in [-0.15, -0.1) is 0 Å². The zero-order valence-corrected chi connectivity index (χ0v) is 31.0. The molecule has 0 saturated heterocycles. The molecule has 7 rings (SSSR count). The number of pyridine rings is 2. The lowest BCUT2D eigenvalue weighted by Gasteiger charge is -2.37. The van der Waals surface area contributed by atoms with Crippen molar-refractivity contribution >= 4 is 30.5 Å². The first-order valence-electron chi connectivity index (χ1n) is 17.3. The van der Waals surface area contributed by atoms with E-state index in [9.17, 15) is 10.0 Å². The summed E-state index contributed by atoms with van der Waals surface area (Å²) in [7, 11) is -2.23. The standard InChI is InChI=1S/C22H21BO3.2C11H9ClNO/c24-23(25)26-18-10-17-22(19-11-4-1-5-12-19,20-13-6-2-7-14-20)21-15-8-3-9-16-21;2*12-10-5-4-6-11(9-10)14-13-7-2-1-3-8-13/h1-9,11-16H,10,17-18H2;2*1-9H/q-2;2*+1. The topological polar surface area (TPSA) is 81.6 Å². The second-order valence-corrected chi connectivity index (χ2v) is 12.7. The van der Waals surface area contributed by atoms with Crippen molar-refractivity contribution in [2.24, 2.45) is 0 Å². The Bertz CT molecular complexity index is 1900. The van der Waals surface area contributed by atoms with Crippen LogP contribution in [0.1, 0.15) is 29.5 Å². The third-order valence-corrected chi connectivity index (χ3v) is 8.61. The number of hydrogen-bond donors (Lipinski definition) is 0. The largest absolute Gasteiger partial charge is 0.871 e. The Balaban J connectivity index is 0.000000169. The molecule has 0 N–H and O–H groups in total. The van der Waals surface area contributed by atoms with Gasteiger partial charge in [0.25, 0.3) is 0 Å². The van der Waals surface area contributed by atoms with Crippen molar-refractivity contribution in [2.75, 3.05) is 6.61 Å². The van der Waals surface area contributed by atoms with Crippen LogP contribution in [0, 0.1) is 0 Å². The second kappa shape index (κ2) is 21.3. The van der Waals surface area contributed by atoms with Crippen LogP contribution in [0.2, 0.25) is 10.0 Å². The van der Waals surface area contributed by atoms with E-state index in [1.807, 2.05) is 152 Å². The molecule has 5 aromatic carbocycles. The van der Waals surface area contributed by atoms with E-state index in [-0.39, 0.29) is 12.0 Å². The Morgan fingerprint density at radius 3 is 1.20 bits per heavy atom. The molecule has 0 saturated carbocycles. The molecule has 2 aromatic heterocycles. The van der Waals surface area contributed by atoms with Crippen LogP contribution in [0.25, 0.3) is 0 Å². The van der Waals surface area contributed by atoms with Crippen LogP contribution >= 0.6 is 23.2 Å². The Morgan fingerprint density at radius 2 is 0.852 bits per heavy atom. The van der Waals surface area contributed by atoms with Crippen LogP contribution in [-0.2, 0) is 10.1 Å². The fourth-order valence-corrected chi connectivity index (χ4v) is 6.16. The van der Waals surface area contributed by atoms with Gasteiger partial charge in [0.2, 0.25) is 36.3 Å². The molecule has 0 bridgehead atoms. The van der Waals surface area contributed by atoms with Crippen molar-refractivity contribution < 1.29 is 33.8 Å². The molecule has 0 radical (unpaired) electrons. The molecule has 0 aliphatic heterocycles. The molecule has 272 valence electrons. The summed E-state index contributed by atoms with van der Waals surface area (Å²) in [4.78, 5) is 11.0. The van der Waals surface area contributed by atoms with E-state index in [1.165, 1.54) is 16.7 Å². The molecular weight excluding hydrogens is 718 g/mol. The van der Waals surface area contributed by atoms with Gasteiger partial charge in [0.05, 0.1) is 7.32 Å². The van der Waals surface area contributed by atoms with Gasteiger partial charge in [0.1, 0.15) is 0 Å². The van der Waals surface area contributed by atoms with E-state index >= 15 is 0 Å². The minimum absolute atomic E-state index is 0.159. The molecule has 7 nitrogen and oxygen atoms in total. The summed E-state index contributed by atoms with van der Waals surface area (Å²) in [5.41, 5.74) is 3.17. The van der Waals surface area contributed by atoms with Crippen molar-refractivity contribution in [3.8, 4) is 11.5 Å². The average molecular weight is 758 g/mol. The highest BCUT2D eigenvalue weighted by atomic mass is 35.5. The molecule has 0 spiro atoms. The SMILES string of the molecule is Clc1cccc(O[n+]2ccccc2)c1.Clc1cccc(O[n+]2ccccc2)c1.[O-]B([O-])OCCCC(c1ccccc1)(c1ccccc1)c1ccccc1. The second-order valence-electron chi connectivity index (χ2n) is 11.8. The van der Waals surface area contributed by atoms with Gasteiger partial charge < -0.3 is 14.7 Å². The van der Waals surface area contributed by atoms with Crippen LogP contribution in [0.3, 0.4) is 0 Å². The van der Waals surface area contributed by atoms with E-state index in [2.05, 4.69) is 36.4 Å². The summed E-state index contributed by atoms with van der Waals surface area (Å²) in [5.74, 6) is 1.43. The predicted octanol–water partition coefficient (Wildman–Crippen LogP) is 7.46. The van der Waals surface area contributed by atoms with Crippen LogP contribution < -0.4 is 29.2 Å². The van der Waals surface area contributed by atoms with Crippen molar-refractivity contribution in [1.29, 1.82) is 0 Å². The Morgan fingerprint density at radius 1 is 0.481 bits per heavy atom. The molecule has 54 heavy (non-hydrogen) atoms. The number of benzene rings is 5. The lowest BCUT2D eigenvalue weighted by Crippen LogP contribution is -2.48. The predicted molar refractivity (Wildman–Crippen MR) is 208 cm³/mol. The highest BCUT2D eigenvalue weighted by molar-refractivity contribution is 6.31. The molecule has 0 aliphatic rings. The molecule has 7 aromatic rings. The van der Waals surface area contributed by atoms with E-state index in [0.717, 1.165) is 6.42 Å². The number of halogens is 2. The lowest BCUT2D eigenvalue weighted by atomic mass is 9.67. The maximum Gasteiger partial charge on any atom is 0.223 e. The molecule has 0 aliphatic carbocycles. The van der Waals surface area contributed by atoms with Crippen molar-refractivity contribution in [2.45, 2.75) is 18.3 Å². The van der Waals surface area contributed by atoms with Gasteiger partial charge in [-0.1, -0.05) is 138 Å². The van der Waals surface area contributed by atoms with E-state index in [0.29, 0.717) is 28.0 Å². The van der Waals surface area contributed by atoms with E-state index < -0.39 is 7.32 Å². The Labute approximate surface area is 326 Å². The van der Waals surface area contributed by atoms with Crippen LogP contribution in [-0.4, -0.2) is 13.9 Å². The lowest BCUT2D eigenvalue weighted by molar-refractivity contribution is -0.875. The first-order valence-corrected chi connectivity index (χ1v) is 18.1. The smallest absolute Gasteiger partial charge is 0.223 e. The highest BCUT2D eigenvalue weighted by Gasteiger charge is 2.35. The third kappa shape index (κ3) is 12.3. The van der Waals surface area contributed by atoms with Crippen molar-refractivity contribution in [3.05, 3.63) is 227 Å². The summed E-state index contributed by atoms with van der Waals surface area (Å²) in [5, 5.41) is 22.7. The quantitative estimate of drug-likeness (QED) is 0.0560. The molecule has 0 atom stereocenters. The number of aromatic nitrogens is 2. The number of rotatable bonds is 12. The summed E-state index contributed by atoms with van der Waals surface area (Å²) >= 11 is 11.6. The van der Waals surface area contributed by atoms with Crippen molar-refractivity contribution in [1.82, 2.24) is 0 Å². The fraction of sp³-hybridized carbons (Fsp3) is 0.0909. The van der Waals surface area contributed by atoms with E-state index in [4.69, 9.17) is 37.5 Å². The van der Waals surface area contributed by atoms with Gasteiger partial charge in [0.15, 0.2) is 0 Å². The van der Waals surface area contributed by atoms with Gasteiger partial charge >= 0.3 is 0 Å². The van der Waals surface area contributed by atoms with Crippen LogP contribution in [0.4, 0.5) is 0 Å². The summed E-state index contributed by atoms with van der Waals surface area (Å²) in [6, 6.07) is 57.0. The Kier molecular flexibility index (Phi) is 15.7. The number of hydrogen-bond acceptors (Lipinski definition) is 5. The normalized spacial score (nSPS) is 10.5. The zero-order valence-electron chi connectivity index (χ0n) is 29.4. The van der Waals surface area contributed by atoms with E-state index in [1.54, 1.807) is 21.6 Å². The maximum atomic E-state index is 10.7. The third-order valence-electron chi connectivity index (χ3n) is 8.14. The molecule has 0 amide bonds. The number of nitrogens with zero attached hydrogens (tertiary/aromatic N) is 2. The summed E-state index contributed by atoms with van der Waals surface area (Å²) in [6.45, 7) is 0.159. The Hall–Kier alpha value is -5.48. The van der Waals surface area contributed by atoms with Gasteiger partial charge in [0, 0.05) is 67.9 Å². The highest BCUT2D eigenvalue weighted by Crippen LogP contribution is 2.43. The molecule has 0 unspecified atom stereocenters. The fourth-order valence-electron chi connectivity index (χ4n) is 5.80. The molecular formula is C44H39BCl2N2O5. The average Bonchev–Trinajstić information content (AvgIpc) is 3.20. The van der Waals surface area contributed by atoms with Crippen molar-refractivity contribution in [3.63, 3.8) is 0 Å². The first-order chi connectivity index (χ1) is 26.4. The van der Waals surface area contributed by atoms with Crippen LogP contribution in [0.5, 0.6) is 11.5 Å². The molecule has 0 fully saturated rings. The minimum atomic E-state index is -2.23. The molecule has 10 heteroatoms. The maximum absolute atomic E-state index is 10.7. The van der Waals surface area contributed by atoms with Crippen LogP contribution in [0.15, 0.2) is 201 Å². The minimum Gasteiger partial charge on any atom is -0.871 e. The van der Waals surface area contributed by atoms with Gasteiger partial charge in [-0.25, -0.2) is 9.68 Å². The zero-order chi connectivity index (χ0) is 37.9. The summed E-state index contributed by atoms with van der Waals surface area (Å²) < 4.78 is 7.97.